The molecule has 2 fully saturated rings. The number of piperidine rings is 1. The zero-order valence-electron chi connectivity index (χ0n) is 15.1. The minimum absolute atomic E-state index is 0.244. The molecule has 5 heteroatoms. The Hall–Kier alpha value is -2.17. The highest BCUT2D eigenvalue weighted by atomic mass is 16.2. The SMILES string of the molecule is CC(C)n1cnnc1C1CCN(C(=O)C2(c3ccccc3)CC2)CC1. The van der Waals surface area contributed by atoms with E-state index in [0.29, 0.717) is 17.9 Å². The fraction of sp³-hybridized carbons (Fsp3) is 0.550. The van der Waals surface area contributed by atoms with E-state index in [9.17, 15) is 4.79 Å². The van der Waals surface area contributed by atoms with Crippen molar-refractivity contribution in [1.82, 2.24) is 19.7 Å². The lowest BCUT2D eigenvalue weighted by atomic mass is 9.91. The zero-order valence-corrected chi connectivity index (χ0v) is 15.1. The van der Waals surface area contributed by atoms with Crippen LogP contribution in [0.3, 0.4) is 0 Å². The monoisotopic (exact) mass is 338 g/mol. The topological polar surface area (TPSA) is 51.0 Å². The highest BCUT2D eigenvalue weighted by Gasteiger charge is 2.53. The molecule has 0 unspecified atom stereocenters. The highest BCUT2D eigenvalue weighted by molar-refractivity contribution is 5.91. The summed E-state index contributed by atoms with van der Waals surface area (Å²) in [5.74, 6) is 1.80. The number of nitrogens with zero attached hydrogens (tertiary/aromatic N) is 4. The molecule has 1 aliphatic carbocycles. The van der Waals surface area contributed by atoms with Gasteiger partial charge in [-0.05, 0) is 45.1 Å². The number of likely N-dealkylation sites (tertiary alicyclic amines) is 1. The minimum atomic E-state index is -0.244. The molecule has 25 heavy (non-hydrogen) atoms. The summed E-state index contributed by atoms with van der Waals surface area (Å²) in [4.78, 5) is 15.2. The first-order valence-corrected chi connectivity index (χ1v) is 9.36. The molecule has 1 amide bonds. The van der Waals surface area contributed by atoms with Crippen molar-refractivity contribution >= 4 is 5.91 Å². The molecule has 0 radical (unpaired) electrons. The van der Waals surface area contributed by atoms with Crippen molar-refractivity contribution in [3.8, 4) is 0 Å². The van der Waals surface area contributed by atoms with Crippen molar-refractivity contribution in [3.63, 3.8) is 0 Å². The maximum absolute atomic E-state index is 13.1. The first kappa shape index (κ1) is 16.3. The van der Waals surface area contributed by atoms with Crippen molar-refractivity contribution < 1.29 is 4.79 Å². The first-order chi connectivity index (χ1) is 12.1. The molecule has 0 bridgehead atoms. The maximum Gasteiger partial charge on any atom is 0.233 e. The van der Waals surface area contributed by atoms with Crippen LogP contribution in [0.2, 0.25) is 0 Å². The minimum Gasteiger partial charge on any atom is -0.342 e. The predicted octanol–water partition coefficient (Wildman–Crippen LogP) is 3.30. The summed E-state index contributed by atoms with van der Waals surface area (Å²) < 4.78 is 2.16. The maximum atomic E-state index is 13.1. The quantitative estimate of drug-likeness (QED) is 0.859. The van der Waals surface area contributed by atoms with E-state index in [1.165, 1.54) is 5.56 Å². The normalized spacial score (nSPS) is 20.0. The molecule has 1 saturated heterocycles. The van der Waals surface area contributed by atoms with Gasteiger partial charge in [-0.15, -0.1) is 10.2 Å². The Balaban J connectivity index is 1.44. The van der Waals surface area contributed by atoms with Gasteiger partial charge in [0.15, 0.2) is 0 Å². The molecule has 1 aromatic heterocycles. The Kier molecular flexibility index (Phi) is 4.10. The van der Waals surface area contributed by atoms with Gasteiger partial charge in [-0.1, -0.05) is 30.3 Å². The van der Waals surface area contributed by atoms with E-state index in [1.54, 1.807) is 0 Å². The highest BCUT2D eigenvalue weighted by Crippen LogP contribution is 2.50. The smallest absolute Gasteiger partial charge is 0.233 e. The van der Waals surface area contributed by atoms with Gasteiger partial charge in [0.25, 0.3) is 0 Å². The summed E-state index contributed by atoms with van der Waals surface area (Å²) >= 11 is 0. The average Bonchev–Trinajstić information content (AvgIpc) is 3.31. The van der Waals surface area contributed by atoms with Gasteiger partial charge >= 0.3 is 0 Å². The van der Waals surface area contributed by atoms with Crippen LogP contribution in [0.25, 0.3) is 0 Å². The van der Waals surface area contributed by atoms with Crippen LogP contribution >= 0.6 is 0 Å². The third-order valence-corrected chi connectivity index (χ3v) is 5.79. The van der Waals surface area contributed by atoms with Gasteiger partial charge < -0.3 is 9.47 Å². The van der Waals surface area contributed by atoms with Crippen LogP contribution in [-0.4, -0.2) is 38.7 Å². The van der Waals surface area contributed by atoms with Gasteiger partial charge in [0.05, 0.1) is 5.41 Å². The van der Waals surface area contributed by atoms with Crippen molar-refractivity contribution in [3.05, 3.63) is 48.0 Å². The van der Waals surface area contributed by atoms with E-state index in [4.69, 9.17) is 0 Å². The first-order valence-electron chi connectivity index (χ1n) is 9.36. The summed E-state index contributed by atoms with van der Waals surface area (Å²) in [6.45, 7) is 5.95. The molecule has 2 aromatic rings. The Morgan fingerprint density at radius 1 is 1.16 bits per heavy atom. The third-order valence-electron chi connectivity index (χ3n) is 5.79. The van der Waals surface area contributed by atoms with Gasteiger partial charge in [0, 0.05) is 25.0 Å². The number of aromatic nitrogens is 3. The Morgan fingerprint density at radius 3 is 2.44 bits per heavy atom. The lowest BCUT2D eigenvalue weighted by Crippen LogP contribution is -2.44. The number of amides is 1. The summed E-state index contributed by atoms with van der Waals surface area (Å²) in [5, 5.41) is 8.44. The molecule has 4 rings (SSSR count). The van der Waals surface area contributed by atoms with Crippen molar-refractivity contribution in [2.75, 3.05) is 13.1 Å². The zero-order chi connectivity index (χ0) is 17.4. The van der Waals surface area contributed by atoms with Crippen LogP contribution in [0.15, 0.2) is 36.7 Å². The molecule has 0 spiro atoms. The lowest BCUT2D eigenvalue weighted by Gasteiger charge is -2.34. The third kappa shape index (κ3) is 2.86. The molecular formula is C20H26N4O. The van der Waals surface area contributed by atoms with Gasteiger partial charge in [-0.25, -0.2) is 0 Å². The van der Waals surface area contributed by atoms with Crippen LogP contribution in [0.5, 0.6) is 0 Å². The summed E-state index contributed by atoms with van der Waals surface area (Å²) in [6.07, 6.45) is 5.74. The van der Waals surface area contributed by atoms with Gasteiger partial charge in [0.2, 0.25) is 5.91 Å². The van der Waals surface area contributed by atoms with Crippen molar-refractivity contribution in [2.24, 2.45) is 0 Å². The second-order valence-corrected chi connectivity index (χ2v) is 7.70. The van der Waals surface area contributed by atoms with E-state index in [0.717, 1.165) is 44.6 Å². The molecule has 1 aromatic carbocycles. The molecular weight excluding hydrogens is 312 g/mol. The number of benzene rings is 1. The lowest BCUT2D eigenvalue weighted by molar-refractivity contribution is -0.135. The number of rotatable bonds is 4. The van der Waals surface area contributed by atoms with E-state index in [-0.39, 0.29) is 5.41 Å². The fourth-order valence-corrected chi connectivity index (χ4v) is 4.09. The fourth-order valence-electron chi connectivity index (χ4n) is 4.09. The molecule has 1 saturated carbocycles. The van der Waals surface area contributed by atoms with E-state index < -0.39 is 0 Å². The van der Waals surface area contributed by atoms with Gasteiger partial charge in [0.1, 0.15) is 12.2 Å². The largest absolute Gasteiger partial charge is 0.342 e. The molecule has 5 nitrogen and oxygen atoms in total. The van der Waals surface area contributed by atoms with Crippen LogP contribution in [0.1, 0.15) is 62.9 Å². The van der Waals surface area contributed by atoms with Gasteiger partial charge in [-0.3, -0.25) is 4.79 Å². The summed E-state index contributed by atoms with van der Waals surface area (Å²) in [6, 6.07) is 10.7. The number of hydrogen-bond acceptors (Lipinski definition) is 3. The Morgan fingerprint density at radius 2 is 1.84 bits per heavy atom. The van der Waals surface area contributed by atoms with Gasteiger partial charge in [-0.2, -0.15) is 0 Å². The average molecular weight is 338 g/mol. The Bertz CT molecular complexity index is 740. The number of carbonyl (C=O) groups is 1. The second kappa shape index (κ2) is 6.28. The standard InChI is InChI=1S/C20H26N4O/c1-15(2)24-14-21-22-18(24)16-8-12-23(13-9-16)19(25)20(10-11-20)17-6-4-3-5-7-17/h3-7,14-16H,8-13H2,1-2H3. The van der Waals surface area contributed by atoms with Crippen LogP contribution in [0, 0.1) is 0 Å². The van der Waals surface area contributed by atoms with Crippen molar-refractivity contribution in [2.45, 2.75) is 56.9 Å². The van der Waals surface area contributed by atoms with Crippen LogP contribution in [-0.2, 0) is 10.2 Å². The number of carbonyl (C=O) groups excluding carboxylic acids is 1. The second-order valence-electron chi connectivity index (χ2n) is 7.70. The molecule has 2 heterocycles. The van der Waals surface area contributed by atoms with Crippen molar-refractivity contribution in [1.29, 1.82) is 0 Å². The molecule has 2 aliphatic rings. The molecule has 1 aliphatic heterocycles. The van der Waals surface area contributed by atoms with E-state index in [1.807, 2.05) is 24.5 Å². The van der Waals surface area contributed by atoms with Crippen LogP contribution in [0.4, 0.5) is 0 Å². The summed E-state index contributed by atoms with van der Waals surface area (Å²) in [5.41, 5.74) is 0.938. The predicted molar refractivity (Wildman–Crippen MR) is 96.3 cm³/mol. The number of hydrogen-bond donors (Lipinski definition) is 0. The molecule has 0 atom stereocenters. The Labute approximate surface area is 149 Å². The van der Waals surface area contributed by atoms with Crippen LogP contribution < -0.4 is 0 Å². The molecule has 132 valence electrons. The molecule has 0 N–H and O–H groups in total. The van der Waals surface area contributed by atoms with E-state index in [2.05, 4.69) is 45.6 Å². The summed E-state index contributed by atoms with van der Waals surface area (Å²) in [7, 11) is 0. The van der Waals surface area contributed by atoms with E-state index >= 15 is 0 Å².